The minimum absolute atomic E-state index is 0.0792. The number of hydrogen-bond donors (Lipinski definition) is 1. The highest BCUT2D eigenvalue weighted by Gasteiger charge is 2.30. The lowest BCUT2D eigenvalue weighted by Gasteiger charge is -2.26. The number of methoxy groups -OCH3 is 2. The lowest BCUT2D eigenvalue weighted by Crippen LogP contribution is -2.26. The summed E-state index contributed by atoms with van der Waals surface area (Å²) in [6.07, 6.45) is 1.69. The van der Waals surface area contributed by atoms with E-state index in [0.29, 0.717) is 62.1 Å². The number of nitrogens with zero attached hydrogens (tertiary/aromatic N) is 3. The molecule has 1 atom stereocenters. The van der Waals surface area contributed by atoms with Crippen molar-refractivity contribution in [3.05, 3.63) is 110 Å². The maximum Gasteiger partial charge on any atom is 0.257 e. The van der Waals surface area contributed by atoms with Crippen LogP contribution in [-0.4, -0.2) is 30.4 Å². The molecule has 1 aliphatic heterocycles. The van der Waals surface area contributed by atoms with Crippen LogP contribution >= 0.6 is 23.1 Å². The van der Waals surface area contributed by atoms with Gasteiger partial charge in [0.1, 0.15) is 28.4 Å². The van der Waals surface area contributed by atoms with Crippen molar-refractivity contribution >= 4 is 38.2 Å². The summed E-state index contributed by atoms with van der Waals surface area (Å²) in [6.45, 7) is 1.04. The SMILES string of the molecule is COc1ccc(CN(Cc2ccc(OC)cc2)c2sc3c(F)ccc(C4Cc5nc(SC)[nH]c(=O)c5CO4)c3c2C#N)cc1. The van der Waals surface area contributed by atoms with Gasteiger partial charge in [0, 0.05) is 24.9 Å². The Morgan fingerprint density at radius 2 is 1.70 bits per heavy atom. The van der Waals surface area contributed by atoms with Crippen LogP contribution in [0.15, 0.2) is 70.6 Å². The lowest BCUT2D eigenvalue weighted by molar-refractivity contribution is 0.0256. The number of thioether (sulfide) groups is 1. The number of halogens is 1. The molecule has 1 aliphatic rings. The van der Waals surface area contributed by atoms with Gasteiger partial charge in [0.25, 0.3) is 5.56 Å². The molecule has 11 heteroatoms. The molecule has 0 saturated carbocycles. The summed E-state index contributed by atoms with van der Waals surface area (Å²) in [5.74, 6) is 1.09. The standard InChI is InChI=1S/C33H29FN4O4S2/c1-40-21-8-4-19(5-9-21)16-38(17-20-6-10-22(41-2)11-7-20)32-24(15-35)29-23(12-13-26(34)30(29)44-32)28-14-27-25(18-42-28)31(39)37-33(36-27)43-3/h4-13,28H,14,16-18H2,1-3H3,(H,36,37,39). The van der Waals surface area contributed by atoms with Crippen LogP contribution in [0.4, 0.5) is 9.39 Å². The van der Waals surface area contributed by atoms with E-state index in [2.05, 4.69) is 20.9 Å². The van der Waals surface area contributed by atoms with Crippen LogP contribution in [-0.2, 0) is 30.9 Å². The number of benzene rings is 3. The summed E-state index contributed by atoms with van der Waals surface area (Å²) in [6, 6.07) is 21.0. The summed E-state index contributed by atoms with van der Waals surface area (Å²) < 4.78 is 32.7. The first-order chi connectivity index (χ1) is 21.4. The predicted octanol–water partition coefficient (Wildman–Crippen LogP) is 6.76. The first kappa shape index (κ1) is 29.7. The second-order valence-electron chi connectivity index (χ2n) is 10.3. The molecule has 224 valence electrons. The maximum absolute atomic E-state index is 15.5. The molecule has 44 heavy (non-hydrogen) atoms. The fourth-order valence-electron chi connectivity index (χ4n) is 5.44. The summed E-state index contributed by atoms with van der Waals surface area (Å²) in [4.78, 5) is 22.1. The van der Waals surface area contributed by atoms with Crippen LogP contribution in [0.25, 0.3) is 10.1 Å². The van der Waals surface area contributed by atoms with Crippen molar-refractivity contribution in [2.24, 2.45) is 0 Å². The van der Waals surface area contributed by atoms with Crippen LogP contribution in [0.2, 0.25) is 0 Å². The van der Waals surface area contributed by atoms with E-state index in [1.165, 1.54) is 29.2 Å². The molecule has 0 fully saturated rings. The molecule has 1 unspecified atom stereocenters. The smallest absolute Gasteiger partial charge is 0.257 e. The lowest BCUT2D eigenvalue weighted by atomic mass is 9.95. The average molecular weight is 629 g/mol. The number of nitrogens with one attached hydrogen (secondary N) is 1. The molecule has 0 amide bonds. The van der Waals surface area contributed by atoms with Gasteiger partial charge in [-0.05, 0) is 53.3 Å². The van der Waals surface area contributed by atoms with Gasteiger partial charge < -0.3 is 24.1 Å². The number of hydrogen-bond acceptors (Lipinski definition) is 9. The molecule has 8 nitrogen and oxygen atoms in total. The van der Waals surface area contributed by atoms with E-state index in [9.17, 15) is 10.1 Å². The molecule has 5 aromatic rings. The van der Waals surface area contributed by atoms with Crippen molar-refractivity contribution in [1.29, 1.82) is 5.26 Å². The molecular weight excluding hydrogens is 600 g/mol. The van der Waals surface area contributed by atoms with Crippen molar-refractivity contribution in [3.63, 3.8) is 0 Å². The Balaban J connectivity index is 1.44. The van der Waals surface area contributed by atoms with E-state index in [0.717, 1.165) is 22.6 Å². The first-order valence-corrected chi connectivity index (χ1v) is 15.9. The summed E-state index contributed by atoms with van der Waals surface area (Å²) in [5.41, 5.74) is 4.04. The highest BCUT2D eigenvalue weighted by molar-refractivity contribution is 7.98. The van der Waals surface area contributed by atoms with Gasteiger partial charge in [-0.2, -0.15) is 5.26 Å². The van der Waals surface area contributed by atoms with Crippen LogP contribution < -0.4 is 19.9 Å². The molecule has 0 radical (unpaired) electrons. The summed E-state index contributed by atoms with van der Waals surface area (Å²) >= 11 is 2.62. The second-order valence-corrected chi connectivity index (χ2v) is 12.1. The number of rotatable bonds is 9. The van der Waals surface area contributed by atoms with Crippen LogP contribution in [0.3, 0.4) is 0 Å². The number of aromatic amines is 1. The number of thiophene rings is 1. The van der Waals surface area contributed by atoms with Gasteiger partial charge in [-0.3, -0.25) is 4.79 Å². The molecule has 3 aromatic carbocycles. The number of aromatic nitrogens is 2. The number of fused-ring (bicyclic) bond motifs is 2. The zero-order valence-corrected chi connectivity index (χ0v) is 26.0. The van der Waals surface area contributed by atoms with Crippen molar-refractivity contribution in [3.8, 4) is 17.6 Å². The van der Waals surface area contributed by atoms with E-state index in [1.807, 2.05) is 54.8 Å². The molecular formula is C33H29FN4O4S2. The van der Waals surface area contributed by atoms with Crippen LogP contribution in [0.5, 0.6) is 11.5 Å². The zero-order valence-electron chi connectivity index (χ0n) is 24.3. The van der Waals surface area contributed by atoms with E-state index in [4.69, 9.17) is 14.2 Å². The molecule has 0 bridgehead atoms. The van der Waals surface area contributed by atoms with Gasteiger partial charge >= 0.3 is 0 Å². The molecule has 2 aromatic heterocycles. The molecule has 1 N–H and O–H groups in total. The third-order valence-corrected chi connectivity index (χ3v) is 9.53. The Hall–Kier alpha value is -4.37. The van der Waals surface area contributed by atoms with Gasteiger partial charge in [-0.15, -0.1) is 11.3 Å². The topological polar surface area (TPSA) is 100 Å². The number of ether oxygens (including phenoxy) is 3. The minimum atomic E-state index is -0.499. The van der Waals surface area contributed by atoms with Gasteiger partial charge in [0.05, 0.1) is 48.5 Å². The normalized spacial score (nSPS) is 14.2. The third-order valence-electron chi connectivity index (χ3n) is 7.70. The van der Waals surface area contributed by atoms with Gasteiger partial charge in [-0.1, -0.05) is 42.1 Å². The van der Waals surface area contributed by atoms with Crippen molar-refractivity contribution in [2.45, 2.75) is 37.4 Å². The molecule has 0 saturated heterocycles. The van der Waals surface area contributed by atoms with E-state index >= 15 is 4.39 Å². The van der Waals surface area contributed by atoms with Crippen LogP contribution in [0.1, 0.15) is 39.6 Å². The Bertz CT molecular complexity index is 1870. The predicted molar refractivity (Wildman–Crippen MR) is 170 cm³/mol. The largest absolute Gasteiger partial charge is 0.497 e. The van der Waals surface area contributed by atoms with Gasteiger partial charge in [-0.25, -0.2) is 9.37 Å². The van der Waals surface area contributed by atoms with E-state index in [1.54, 1.807) is 20.3 Å². The number of H-pyrrole nitrogens is 1. The fourth-order valence-corrected chi connectivity index (χ4v) is 7.02. The molecule has 6 rings (SSSR count). The van der Waals surface area contributed by atoms with Gasteiger partial charge in [0.15, 0.2) is 5.16 Å². The summed E-state index contributed by atoms with van der Waals surface area (Å²) in [5, 5.41) is 12.3. The third kappa shape index (κ3) is 5.76. The number of nitriles is 1. The Morgan fingerprint density at radius 3 is 2.27 bits per heavy atom. The quantitative estimate of drug-likeness (QED) is 0.141. The van der Waals surface area contributed by atoms with Crippen molar-refractivity contribution in [2.75, 3.05) is 25.4 Å². The molecule has 0 spiro atoms. The van der Waals surface area contributed by atoms with Gasteiger partial charge in [0.2, 0.25) is 0 Å². The zero-order chi connectivity index (χ0) is 30.8. The Morgan fingerprint density at radius 1 is 1.07 bits per heavy atom. The van der Waals surface area contributed by atoms with E-state index in [-0.39, 0.29) is 12.2 Å². The fraction of sp³-hybridized carbons (Fsp3) is 0.242. The van der Waals surface area contributed by atoms with Crippen molar-refractivity contribution in [1.82, 2.24) is 9.97 Å². The minimum Gasteiger partial charge on any atom is -0.497 e. The average Bonchev–Trinajstić information content (AvgIpc) is 3.45. The number of anilines is 1. The molecule has 0 aliphatic carbocycles. The maximum atomic E-state index is 15.5. The summed E-state index contributed by atoms with van der Waals surface area (Å²) in [7, 11) is 3.25. The monoisotopic (exact) mass is 628 g/mol. The highest BCUT2D eigenvalue weighted by atomic mass is 32.2. The van der Waals surface area contributed by atoms with Crippen molar-refractivity contribution < 1.29 is 18.6 Å². The highest BCUT2D eigenvalue weighted by Crippen LogP contribution is 2.45. The second kappa shape index (κ2) is 12.7. The van der Waals surface area contributed by atoms with Crippen LogP contribution in [0, 0.1) is 17.1 Å². The molecule has 3 heterocycles. The Kier molecular flexibility index (Phi) is 8.57. The first-order valence-electron chi connectivity index (χ1n) is 13.9. The Labute approximate surface area is 262 Å². The van der Waals surface area contributed by atoms with E-state index < -0.39 is 11.9 Å².